The Morgan fingerprint density at radius 1 is 1.45 bits per heavy atom. The molecule has 0 spiro atoms. The zero-order valence-corrected chi connectivity index (χ0v) is 12.6. The quantitative estimate of drug-likeness (QED) is 0.892. The Morgan fingerprint density at radius 3 is 2.70 bits per heavy atom. The van der Waals surface area contributed by atoms with Gasteiger partial charge >= 0.3 is 5.97 Å². The largest absolute Gasteiger partial charge is 0.478 e. The summed E-state index contributed by atoms with van der Waals surface area (Å²) in [6.07, 6.45) is 1.14. The van der Waals surface area contributed by atoms with Crippen LogP contribution in [0.3, 0.4) is 0 Å². The van der Waals surface area contributed by atoms with E-state index in [4.69, 9.17) is 0 Å². The van der Waals surface area contributed by atoms with E-state index in [2.05, 4.69) is 22.1 Å². The summed E-state index contributed by atoms with van der Waals surface area (Å²) in [5, 5.41) is 17.6. The summed E-state index contributed by atoms with van der Waals surface area (Å²) in [6, 6.07) is 0. The maximum atomic E-state index is 11.5. The molecule has 1 aromatic rings. The highest BCUT2D eigenvalue weighted by molar-refractivity contribution is 5.95. The van der Waals surface area contributed by atoms with Crippen LogP contribution in [0.5, 0.6) is 0 Å². The Hall–Kier alpha value is -1.69. The first kappa shape index (κ1) is 14.7. The number of carbonyl (C=O) groups is 1. The van der Waals surface area contributed by atoms with Gasteiger partial charge in [0.25, 0.3) is 0 Å². The van der Waals surface area contributed by atoms with Crippen molar-refractivity contribution in [2.24, 2.45) is 5.92 Å². The number of hydrogen-bond acceptors (Lipinski definition) is 5. The molecule has 1 saturated heterocycles. The summed E-state index contributed by atoms with van der Waals surface area (Å²) < 4.78 is 0. The van der Waals surface area contributed by atoms with Gasteiger partial charge < -0.3 is 14.9 Å². The third kappa shape index (κ3) is 2.90. The Labute approximate surface area is 119 Å². The van der Waals surface area contributed by atoms with E-state index >= 15 is 0 Å². The lowest BCUT2D eigenvalue weighted by molar-refractivity contribution is 0.0696. The Morgan fingerprint density at radius 2 is 2.15 bits per heavy atom. The predicted molar refractivity (Wildman–Crippen MR) is 77.3 cm³/mol. The molecular formula is C14H22N4O2. The maximum Gasteiger partial charge on any atom is 0.339 e. The average molecular weight is 278 g/mol. The lowest BCUT2D eigenvalue weighted by atomic mass is 10.1. The highest BCUT2D eigenvalue weighted by Crippen LogP contribution is 2.24. The third-order valence-corrected chi connectivity index (χ3v) is 4.03. The van der Waals surface area contributed by atoms with E-state index in [9.17, 15) is 9.90 Å². The van der Waals surface area contributed by atoms with Gasteiger partial charge in [-0.05, 0) is 45.3 Å². The van der Waals surface area contributed by atoms with Gasteiger partial charge in [-0.15, -0.1) is 5.10 Å². The molecule has 1 fully saturated rings. The fourth-order valence-electron chi connectivity index (χ4n) is 2.77. The molecule has 1 aliphatic rings. The van der Waals surface area contributed by atoms with Gasteiger partial charge in [0.2, 0.25) is 0 Å². The van der Waals surface area contributed by atoms with Crippen molar-refractivity contribution in [3.05, 3.63) is 16.8 Å². The fourth-order valence-corrected chi connectivity index (χ4v) is 2.77. The molecule has 0 amide bonds. The minimum atomic E-state index is -0.939. The van der Waals surface area contributed by atoms with Crippen LogP contribution < -0.4 is 4.90 Å². The molecule has 2 heterocycles. The monoisotopic (exact) mass is 278 g/mol. The van der Waals surface area contributed by atoms with Gasteiger partial charge in [0, 0.05) is 20.1 Å². The molecule has 1 atom stereocenters. The summed E-state index contributed by atoms with van der Waals surface area (Å²) in [5.74, 6) is 0.0797. The molecule has 6 nitrogen and oxygen atoms in total. The number of aromatic carboxylic acids is 1. The first-order valence-corrected chi connectivity index (χ1v) is 6.87. The van der Waals surface area contributed by atoms with Gasteiger partial charge in [0.1, 0.15) is 5.56 Å². The van der Waals surface area contributed by atoms with E-state index in [0.29, 0.717) is 23.0 Å². The smallest absolute Gasteiger partial charge is 0.339 e. The number of hydrogen-bond donors (Lipinski definition) is 1. The van der Waals surface area contributed by atoms with Crippen LogP contribution in [0.15, 0.2) is 0 Å². The number of likely N-dealkylation sites (tertiary alicyclic amines) is 1. The predicted octanol–water partition coefficient (Wildman–Crippen LogP) is 1.18. The van der Waals surface area contributed by atoms with E-state index in [1.807, 2.05) is 11.9 Å². The number of carboxylic acids is 1. The van der Waals surface area contributed by atoms with Crippen LogP contribution in [0.1, 0.15) is 28.0 Å². The van der Waals surface area contributed by atoms with Gasteiger partial charge in [0.15, 0.2) is 5.82 Å². The number of anilines is 1. The van der Waals surface area contributed by atoms with Crippen molar-refractivity contribution in [3.63, 3.8) is 0 Å². The molecule has 110 valence electrons. The summed E-state index contributed by atoms with van der Waals surface area (Å²) >= 11 is 0. The zero-order chi connectivity index (χ0) is 14.9. The first-order chi connectivity index (χ1) is 9.40. The van der Waals surface area contributed by atoms with E-state index in [-0.39, 0.29) is 5.56 Å². The lowest BCUT2D eigenvalue weighted by Gasteiger charge is -2.23. The number of aryl methyl sites for hydroxylation is 1. The number of carboxylic acid groups (broad SMARTS) is 1. The Bertz CT molecular complexity index is 518. The topological polar surface area (TPSA) is 69.6 Å². The molecular weight excluding hydrogens is 256 g/mol. The van der Waals surface area contributed by atoms with Crippen molar-refractivity contribution in [2.45, 2.75) is 20.3 Å². The molecule has 0 radical (unpaired) electrons. The molecule has 1 aromatic heterocycles. The van der Waals surface area contributed by atoms with Gasteiger partial charge in [-0.1, -0.05) is 0 Å². The van der Waals surface area contributed by atoms with Crippen molar-refractivity contribution in [1.82, 2.24) is 15.1 Å². The van der Waals surface area contributed by atoms with Gasteiger partial charge in [-0.25, -0.2) is 4.79 Å². The fraction of sp³-hybridized carbons (Fsp3) is 0.643. The number of aromatic nitrogens is 2. The van der Waals surface area contributed by atoms with Crippen LogP contribution in [0.2, 0.25) is 0 Å². The van der Waals surface area contributed by atoms with Crippen LogP contribution in [0.4, 0.5) is 5.82 Å². The molecule has 6 heteroatoms. The third-order valence-electron chi connectivity index (χ3n) is 4.03. The second-order valence-corrected chi connectivity index (χ2v) is 5.71. The van der Waals surface area contributed by atoms with E-state index in [1.54, 1.807) is 13.8 Å². The minimum absolute atomic E-state index is 0.270. The molecule has 1 aliphatic heterocycles. The summed E-state index contributed by atoms with van der Waals surface area (Å²) in [4.78, 5) is 15.7. The highest BCUT2D eigenvalue weighted by Gasteiger charge is 2.25. The highest BCUT2D eigenvalue weighted by atomic mass is 16.4. The van der Waals surface area contributed by atoms with Gasteiger partial charge in [-0.3, -0.25) is 0 Å². The van der Waals surface area contributed by atoms with Crippen molar-refractivity contribution in [1.29, 1.82) is 0 Å². The number of nitrogens with zero attached hydrogens (tertiary/aromatic N) is 4. The van der Waals surface area contributed by atoms with Crippen LogP contribution in [0, 0.1) is 19.8 Å². The van der Waals surface area contributed by atoms with Crippen LogP contribution in [-0.2, 0) is 0 Å². The SMILES string of the molecule is Cc1nnc(N(C)CC2CCN(C)C2)c(C(=O)O)c1C. The normalized spacial score (nSPS) is 19.3. The van der Waals surface area contributed by atoms with Crippen molar-refractivity contribution >= 4 is 11.8 Å². The standard InChI is InChI=1S/C14H22N4O2/c1-9-10(2)15-16-13(12(9)14(19)20)18(4)8-11-5-6-17(3)7-11/h11H,5-8H2,1-4H3,(H,19,20). The molecule has 1 unspecified atom stereocenters. The zero-order valence-electron chi connectivity index (χ0n) is 12.6. The van der Waals surface area contributed by atoms with E-state index < -0.39 is 5.97 Å². The van der Waals surface area contributed by atoms with E-state index in [1.165, 1.54) is 0 Å². The van der Waals surface area contributed by atoms with E-state index in [0.717, 1.165) is 26.1 Å². The average Bonchev–Trinajstić information content (AvgIpc) is 2.77. The Balaban J connectivity index is 2.23. The molecule has 0 aliphatic carbocycles. The van der Waals surface area contributed by atoms with Crippen molar-refractivity contribution < 1.29 is 9.90 Å². The molecule has 0 aromatic carbocycles. The maximum absolute atomic E-state index is 11.5. The summed E-state index contributed by atoms with van der Waals surface area (Å²) in [5.41, 5.74) is 1.63. The molecule has 20 heavy (non-hydrogen) atoms. The molecule has 0 saturated carbocycles. The number of rotatable bonds is 4. The lowest BCUT2D eigenvalue weighted by Crippen LogP contribution is -2.30. The van der Waals surface area contributed by atoms with Gasteiger partial charge in [0.05, 0.1) is 5.69 Å². The summed E-state index contributed by atoms with van der Waals surface area (Å²) in [7, 11) is 4.00. The van der Waals surface area contributed by atoms with Crippen molar-refractivity contribution in [3.8, 4) is 0 Å². The first-order valence-electron chi connectivity index (χ1n) is 6.87. The van der Waals surface area contributed by atoms with Crippen LogP contribution in [0.25, 0.3) is 0 Å². The molecule has 0 bridgehead atoms. The Kier molecular flexibility index (Phi) is 4.23. The second kappa shape index (κ2) is 5.75. The second-order valence-electron chi connectivity index (χ2n) is 5.71. The van der Waals surface area contributed by atoms with Crippen molar-refractivity contribution in [2.75, 3.05) is 38.6 Å². The minimum Gasteiger partial charge on any atom is -0.478 e. The van der Waals surface area contributed by atoms with Gasteiger partial charge in [-0.2, -0.15) is 5.10 Å². The summed E-state index contributed by atoms with van der Waals surface area (Å²) in [6.45, 7) is 6.52. The van der Waals surface area contributed by atoms with Crippen LogP contribution >= 0.6 is 0 Å². The van der Waals surface area contributed by atoms with Crippen LogP contribution in [-0.4, -0.2) is 59.9 Å². The molecule has 1 N–H and O–H groups in total. The molecule has 2 rings (SSSR count).